The Hall–Kier alpha value is -1.32. The first-order valence-corrected chi connectivity index (χ1v) is 7.60. The molecule has 2 N–H and O–H groups in total. The van der Waals surface area contributed by atoms with Gasteiger partial charge in [0.1, 0.15) is 17.7 Å². The summed E-state index contributed by atoms with van der Waals surface area (Å²) in [6.07, 6.45) is 5.13. The van der Waals surface area contributed by atoms with Crippen molar-refractivity contribution in [2.24, 2.45) is 5.92 Å². The Morgan fingerprint density at radius 1 is 1.15 bits per heavy atom. The third-order valence-corrected chi connectivity index (χ3v) is 4.11. The van der Waals surface area contributed by atoms with Crippen LogP contribution >= 0.6 is 0 Å². The van der Waals surface area contributed by atoms with E-state index in [1.54, 1.807) is 0 Å². The second-order valence-corrected chi connectivity index (χ2v) is 7.03. The lowest BCUT2D eigenvalue weighted by Crippen LogP contribution is -2.29. The molecule has 1 fully saturated rings. The van der Waals surface area contributed by atoms with Gasteiger partial charge in [-0.25, -0.2) is 4.98 Å². The number of aromatic nitrogens is 2. The van der Waals surface area contributed by atoms with Crippen LogP contribution in [0.15, 0.2) is 0 Å². The highest BCUT2D eigenvalue weighted by atomic mass is 16.5. The summed E-state index contributed by atoms with van der Waals surface area (Å²) < 4.78 is 6.18. The molecule has 0 bridgehead atoms. The van der Waals surface area contributed by atoms with Crippen LogP contribution in [0.2, 0.25) is 0 Å². The SMILES string of the molecule is Cc1c(N)nc(C(C)(C)C)nc1OC1CCCCC1C. The number of hydrogen-bond acceptors (Lipinski definition) is 4. The number of ether oxygens (including phenoxy) is 1. The van der Waals surface area contributed by atoms with Crippen LogP contribution in [0.4, 0.5) is 5.82 Å². The first-order valence-electron chi connectivity index (χ1n) is 7.60. The van der Waals surface area contributed by atoms with Gasteiger partial charge in [0.05, 0.1) is 5.56 Å². The maximum atomic E-state index is 6.18. The molecule has 0 saturated heterocycles. The van der Waals surface area contributed by atoms with Crippen molar-refractivity contribution in [1.82, 2.24) is 9.97 Å². The minimum Gasteiger partial charge on any atom is -0.474 e. The zero-order valence-corrected chi connectivity index (χ0v) is 13.4. The van der Waals surface area contributed by atoms with Crippen molar-refractivity contribution < 1.29 is 4.74 Å². The molecule has 0 aliphatic heterocycles. The van der Waals surface area contributed by atoms with E-state index in [4.69, 9.17) is 10.5 Å². The van der Waals surface area contributed by atoms with E-state index < -0.39 is 0 Å². The predicted octanol–water partition coefficient (Wildman–Crippen LogP) is 3.62. The summed E-state index contributed by atoms with van der Waals surface area (Å²) in [6.45, 7) is 10.5. The quantitative estimate of drug-likeness (QED) is 0.896. The van der Waals surface area contributed by atoms with Crippen LogP contribution in [-0.2, 0) is 5.41 Å². The lowest BCUT2D eigenvalue weighted by Gasteiger charge is -2.30. The molecular formula is C16H27N3O. The molecule has 2 rings (SSSR count). The van der Waals surface area contributed by atoms with E-state index in [0.717, 1.165) is 17.8 Å². The molecule has 1 heterocycles. The number of nitrogen functional groups attached to an aromatic ring is 1. The van der Waals surface area contributed by atoms with Gasteiger partial charge in [-0.2, -0.15) is 4.98 Å². The molecule has 0 radical (unpaired) electrons. The molecule has 4 nitrogen and oxygen atoms in total. The van der Waals surface area contributed by atoms with Crippen LogP contribution in [0.5, 0.6) is 5.88 Å². The van der Waals surface area contributed by atoms with E-state index >= 15 is 0 Å². The Labute approximate surface area is 122 Å². The van der Waals surface area contributed by atoms with Gasteiger partial charge in [0.15, 0.2) is 0 Å². The Bertz CT molecular complexity index is 479. The molecule has 4 heteroatoms. The lowest BCUT2D eigenvalue weighted by atomic mass is 9.88. The topological polar surface area (TPSA) is 61.0 Å². The van der Waals surface area contributed by atoms with Gasteiger partial charge in [-0.05, 0) is 32.1 Å². The van der Waals surface area contributed by atoms with Crippen LogP contribution in [-0.4, -0.2) is 16.1 Å². The predicted molar refractivity (Wildman–Crippen MR) is 81.9 cm³/mol. The molecule has 2 atom stereocenters. The second-order valence-electron chi connectivity index (χ2n) is 7.03. The van der Waals surface area contributed by atoms with Gasteiger partial charge in [-0.15, -0.1) is 0 Å². The van der Waals surface area contributed by atoms with Crippen molar-refractivity contribution in [1.29, 1.82) is 0 Å². The highest BCUT2D eigenvalue weighted by Crippen LogP contribution is 2.31. The molecule has 112 valence electrons. The molecule has 1 aliphatic rings. The first kappa shape index (κ1) is 15.1. The minimum absolute atomic E-state index is 0.127. The molecular weight excluding hydrogens is 250 g/mol. The van der Waals surface area contributed by atoms with E-state index in [1.807, 2.05) is 6.92 Å². The van der Waals surface area contributed by atoms with Gasteiger partial charge in [0.25, 0.3) is 0 Å². The fourth-order valence-corrected chi connectivity index (χ4v) is 2.56. The van der Waals surface area contributed by atoms with Crippen molar-refractivity contribution >= 4 is 5.82 Å². The number of nitrogens with zero attached hydrogens (tertiary/aromatic N) is 2. The number of nitrogens with two attached hydrogens (primary N) is 1. The Morgan fingerprint density at radius 2 is 1.80 bits per heavy atom. The van der Waals surface area contributed by atoms with E-state index in [-0.39, 0.29) is 11.5 Å². The lowest BCUT2D eigenvalue weighted by molar-refractivity contribution is 0.0961. The Kier molecular flexibility index (Phi) is 4.21. The maximum Gasteiger partial charge on any atom is 0.222 e. The summed E-state index contributed by atoms with van der Waals surface area (Å²) >= 11 is 0. The van der Waals surface area contributed by atoms with Gasteiger partial charge in [0, 0.05) is 5.41 Å². The van der Waals surface area contributed by atoms with Gasteiger partial charge < -0.3 is 10.5 Å². The zero-order valence-electron chi connectivity index (χ0n) is 13.4. The molecule has 0 aromatic carbocycles. The van der Waals surface area contributed by atoms with E-state index in [9.17, 15) is 0 Å². The highest BCUT2D eigenvalue weighted by Gasteiger charge is 2.26. The summed E-state index contributed by atoms with van der Waals surface area (Å²) in [7, 11) is 0. The van der Waals surface area contributed by atoms with E-state index in [0.29, 0.717) is 17.6 Å². The van der Waals surface area contributed by atoms with Crippen LogP contribution in [0.25, 0.3) is 0 Å². The molecule has 20 heavy (non-hydrogen) atoms. The summed E-state index contributed by atoms with van der Waals surface area (Å²) in [5, 5.41) is 0. The highest BCUT2D eigenvalue weighted by molar-refractivity contribution is 5.45. The molecule has 1 saturated carbocycles. The monoisotopic (exact) mass is 277 g/mol. The van der Waals surface area contributed by atoms with Gasteiger partial charge >= 0.3 is 0 Å². The van der Waals surface area contributed by atoms with Gasteiger partial charge in [-0.1, -0.05) is 34.1 Å². The molecule has 1 aliphatic carbocycles. The molecule has 2 unspecified atom stereocenters. The smallest absolute Gasteiger partial charge is 0.222 e. The van der Waals surface area contributed by atoms with E-state index in [2.05, 4.69) is 37.7 Å². The van der Waals surface area contributed by atoms with Gasteiger partial charge in [-0.3, -0.25) is 0 Å². The molecule has 1 aromatic rings. The van der Waals surface area contributed by atoms with E-state index in [1.165, 1.54) is 19.3 Å². The molecule has 0 spiro atoms. The number of anilines is 1. The Balaban J connectivity index is 2.28. The van der Waals surface area contributed by atoms with Crippen molar-refractivity contribution in [3.05, 3.63) is 11.4 Å². The van der Waals surface area contributed by atoms with Crippen LogP contribution in [0.3, 0.4) is 0 Å². The first-order chi connectivity index (χ1) is 9.29. The van der Waals surface area contributed by atoms with Gasteiger partial charge in [0.2, 0.25) is 5.88 Å². The van der Waals surface area contributed by atoms with Crippen molar-refractivity contribution in [3.63, 3.8) is 0 Å². The summed E-state index contributed by atoms with van der Waals surface area (Å²) in [5.74, 6) is 2.53. The molecule has 0 amide bonds. The summed E-state index contributed by atoms with van der Waals surface area (Å²) in [4.78, 5) is 9.02. The third-order valence-electron chi connectivity index (χ3n) is 4.11. The fraction of sp³-hybridized carbons (Fsp3) is 0.750. The van der Waals surface area contributed by atoms with Crippen LogP contribution in [0.1, 0.15) is 64.8 Å². The number of hydrogen-bond donors (Lipinski definition) is 1. The van der Waals surface area contributed by atoms with Crippen molar-refractivity contribution in [3.8, 4) is 5.88 Å². The maximum absolute atomic E-state index is 6.18. The van der Waals surface area contributed by atoms with Crippen molar-refractivity contribution in [2.45, 2.75) is 71.8 Å². The average Bonchev–Trinajstić information content (AvgIpc) is 2.36. The standard InChI is InChI=1S/C16H27N3O/c1-10-8-6-7-9-12(10)20-14-11(2)13(17)18-15(19-14)16(3,4)5/h10,12H,6-9H2,1-5H3,(H2,17,18,19). The van der Waals surface area contributed by atoms with Crippen molar-refractivity contribution in [2.75, 3.05) is 5.73 Å². The summed E-state index contributed by atoms with van der Waals surface area (Å²) in [5.41, 5.74) is 6.76. The Morgan fingerprint density at radius 3 is 2.40 bits per heavy atom. The fourth-order valence-electron chi connectivity index (χ4n) is 2.56. The number of rotatable bonds is 2. The largest absolute Gasteiger partial charge is 0.474 e. The minimum atomic E-state index is -0.127. The van der Waals surface area contributed by atoms with Crippen LogP contribution < -0.4 is 10.5 Å². The third kappa shape index (κ3) is 3.22. The second kappa shape index (κ2) is 5.58. The average molecular weight is 277 g/mol. The van der Waals surface area contributed by atoms with Crippen LogP contribution in [0, 0.1) is 12.8 Å². The molecule has 1 aromatic heterocycles. The zero-order chi connectivity index (χ0) is 14.9. The normalized spacial score (nSPS) is 23.6. The summed E-state index contributed by atoms with van der Waals surface area (Å²) in [6, 6.07) is 0.